The lowest BCUT2D eigenvalue weighted by molar-refractivity contribution is -0.118. The highest BCUT2D eigenvalue weighted by Crippen LogP contribution is 2.50. The van der Waals surface area contributed by atoms with Gasteiger partial charge >= 0.3 is 0 Å². The summed E-state index contributed by atoms with van der Waals surface area (Å²) in [6.07, 6.45) is 0.967. The number of nitrogens with two attached hydrogens (primary N) is 2. The van der Waals surface area contributed by atoms with Crippen LogP contribution in [0.2, 0.25) is 0 Å². The second-order valence-electron chi connectivity index (χ2n) is 8.58. The molecule has 2 aromatic rings. The molecular weight excluding hydrogens is 432 g/mol. The molecule has 9 heteroatoms. The molecule has 4 rings (SSSR count). The van der Waals surface area contributed by atoms with Crippen molar-refractivity contribution in [2.45, 2.75) is 37.5 Å². The number of sulfonamides is 1. The maximum Gasteiger partial charge on any atom is 0.238 e. The van der Waals surface area contributed by atoms with E-state index in [2.05, 4.69) is 6.07 Å². The molecule has 0 bridgehead atoms. The minimum Gasteiger partial charge on any atom is -0.384 e. The van der Waals surface area contributed by atoms with E-state index in [4.69, 9.17) is 10.9 Å². The molecule has 1 aromatic carbocycles. The van der Waals surface area contributed by atoms with Gasteiger partial charge in [0.05, 0.1) is 22.5 Å². The highest BCUT2D eigenvalue weighted by atomic mass is 32.2. The predicted molar refractivity (Wildman–Crippen MR) is 119 cm³/mol. The van der Waals surface area contributed by atoms with E-state index >= 15 is 0 Å². The number of allylic oxidation sites excluding steroid dienone is 3. The number of nitrogens with zero attached hydrogens (tertiary/aromatic N) is 2. The maximum absolute atomic E-state index is 13.3. The molecular formula is C22H22N4O3S2. The van der Waals surface area contributed by atoms with Gasteiger partial charge in [0.1, 0.15) is 5.82 Å². The molecule has 160 valence electrons. The van der Waals surface area contributed by atoms with Gasteiger partial charge in [-0.15, -0.1) is 0 Å². The molecule has 1 aliphatic carbocycles. The zero-order valence-corrected chi connectivity index (χ0v) is 18.8. The van der Waals surface area contributed by atoms with Gasteiger partial charge in [0.2, 0.25) is 10.0 Å². The Hall–Kier alpha value is -2.93. The monoisotopic (exact) mass is 454 g/mol. The summed E-state index contributed by atoms with van der Waals surface area (Å²) in [5.74, 6) is -0.269. The number of nitriles is 1. The quantitative estimate of drug-likeness (QED) is 0.731. The lowest BCUT2D eigenvalue weighted by Gasteiger charge is -2.43. The van der Waals surface area contributed by atoms with Gasteiger partial charge in [-0.1, -0.05) is 13.8 Å². The number of carbonyl (C=O) groups excluding carboxylic acids is 1. The van der Waals surface area contributed by atoms with Gasteiger partial charge in [-0.2, -0.15) is 16.6 Å². The summed E-state index contributed by atoms with van der Waals surface area (Å²) < 4.78 is 23.3. The molecule has 1 atom stereocenters. The summed E-state index contributed by atoms with van der Waals surface area (Å²) in [5.41, 5.74) is 9.32. The molecule has 0 spiro atoms. The van der Waals surface area contributed by atoms with Crippen LogP contribution < -0.4 is 15.8 Å². The number of Topliss-reactive ketones (excluding diaryl/α,β-unsaturated/α-hetero) is 1. The van der Waals surface area contributed by atoms with E-state index in [1.807, 2.05) is 30.7 Å². The highest BCUT2D eigenvalue weighted by molar-refractivity contribution is 7.89. The standard InChI is InChI=1S/C22H22N4O3S2/c1-22(2)9-17-20(18(27)10-22)19(13-7-8-30-12-13)16(11-23)21(24)26(17)14-3-5-15(6-4-14)31(25,28)29/h3-8,12,19H,9-10,24H2,1-2H3,(H2,25,28,29)/t19-/m1/s1. The minimum absolute atomic E-state index is 0.00569. The van der Waals surface area contributed by atoms with Crippen LogP contribution in [0, 0.1) is 16.7 Å². The van der Waals surface area contributed by atoms with Crippen molar-refractivity contribution < 1.29 is 13.2 Å². The number of carbonyl (C=O) groups is 1. The fourth-order valence-corrected chi connectivity index (χ4v) is 5.56. The predicted octanol–water partition coefficient (Wildman–Crippen LogP) is 3.34. The third kappa shape index (κ3) is 3.67. The number of hydrogen-bond donors (Lipinski definition) is 2. The van der Waals surface area contributed by atoms with Crippen molar-refractivity contribution in [2.75, 3.05) is 4.90 Å². The molecule has 31 heavy (non-hydrogen) atoms. The van der Waals surface area contributed by atoms with Gasteiger partial charge in [-0.05, 0) is 58.5 Å². The number of rotatable bonds is 3. The molecule has 7 nitrogen and oxygen atoms in total. The molecule has 0 radical (unpaired) electrons. The molecule has 1 aromatic heterocycles. The summed E-state index contributed by atoms with van der Waals surface area (Å²) in [5, 5.41) is 19.0. The molecule has 2 heterocycles. The first-order valence-corrected chi connectivity index (χ1v) is 12.1. The highest BCUT2D eigenvalue weighted by Gasteiger charge is 2.44. The van der Waals surface area contributed by atoms with Crippen molar-refractivity contribution in [1.29, 1.82) is 5.26 Å². The number of benzene rings is 1. The van der Waals surface area contributed by atoms with Crippen molar-refractivity contribution in [3.8, 4) is 6.07 Å². The molecule has 0 saturated carbocycles. The van der Waals surface area contributed by atoms with Crippen molar-refractivity contribution in [3.05, 3.63) is 69.3 Å². The van der Waals surface area contributed by atoms with Crippen molar-refractivity contribution in [1.82, 2.24) is 0 Å². The van der Waals surface area contributed by atoms with Crippen molar-refractivity contribution >= 4 is 32.8 Å². The SMILES string of the molecule is CC1(C)CC(=O)C2=C(C1)N(c1ccc(S(N)(=O)=O)cc1)C(N)=C(C#N)[C@H]2c1ccsc1. The van der Waals surface area contributed by atoms with Crippen LogP contribution >= 0.6 is 11.3 Å². The Kier molecular flexibility index (Phi) is 5.04. The average Bonchev–Trinajstić information content (AvgIpc) is 3.20. The first-order valence-electron chi connectivity index (χ1n) is 9.64. The van der Waals surface area contributed by atoms with Gasteiger partial charge in [0.15, 0.2) is 5.78 Å². The van der Waals surface area contributed by atoms with Crippen molar-refractivity contribution in [2.24, 2.45) is 16.3 Å². The van der Waals surface area contributed by atoms with Crippen LogP contribution in [-0.2, 0) is 14.8 Å². The van der Waals surface area contributed by atoms with E-state index in [0.29, 0.717) is 29.7 Å². The first kappa shape index (κ1) is 21.3. The lowest BCUT2D eigenvalue weighted by Crippen LogP contribution is -2.42. The molecule has 0 unspecified atom stereocenters. The fraction of sp³-hybridized carbons (Fsp3) is 0.273. The summed E-state index contributed by atoms with van der Waals surface area (Å²) in [6.45, 7) is 4.05. The van der Waals surface area contributed by atoms with E-state index in [9.17, 15) is 18.5 Å². The largest absolute Gasteiger partial charge is 0.384 e. The van der Waals surface area contributed by atoms with Crippen LogP contribution in [0.3, 0.4) is 0 Å². The summed E-state index contributed by atoms with van der Waals surface area (Å²) in [6, 6.07) is 10.1. The first-order chi connectivity index (χ1) is 14.5. The second kappa shape index (κ2) is 7.34. The smallest absolute Gasteiger partial charge is 0.238 e. The molecule has 0 fully saturated rings. The van der Waals surface area contributed by atoms with Crippen LogP contribution in [-0.4, -0.2) is 14.2 Å². The van der Waals surface area contributed by atoms with Crippen LogP contribution in [0.4, 0.5) is 5.69 Å². The zero-order chi connectivity index (χ0) is 22.6. The average molecular weight is 455 g/mol. The number of hydrogen-bond acceptors (Lipinski definition) is 7. The van der Waals surface area contributed by atoms with Gasteiger partial charge in [-0.3, -0.25) is 9.69 Å². The van der Waals surface area contributed by atoms with Gasteiger partial charge in [0.25, 0.3) is 0 Å². The Morgan fingerprint density at radius 3 is 2.42 bits per heavy atom. The third-order valence-corrected chi connectivity index (χ3v) is 7.31. The molecule has 0 saturated heterocycles. The minimum atomic E-state index is -3.85. The number of primary sulfonamides is 1. The fourth-order valence-electron chi connectivity index (χ4n) is 4.36. The molecule has 4 N–H and O–H groups in total. The van der Waals surface area contributed by atoms with E-state index in [1.165, 1.54) is 23.5 Å². The van der Waals surface area contributed by atoms with E-state index < -0.39 is 15.9 Å². The van der Waals surface area contributed by atoms with Crippen molar-refractivity contribution in [3.63, 3.8) is 0 Å². The van der Waals surface area contributed by atoms with Crippen LogP contribution in [0.25, 0.3) is 0 Å². The summed E-state index contributed by atoms with van der Waals surface area (Å²) >= 11 is 1.50. The van der Waals surface area contributed by atoms with Crippen LogP contribution in [0.1, 0.15) is 38.2 Å². The summed E-state index contributed by atoms with van der Waals surface area (Å²) in [7, 11) is -3.85. The second-order valence-corrected chi connectivity index (χ2v) is 10.9. The Bertz CT molecular complexity index is 1270. The Labute approximate surface area is 185 Å². The Morgan fingerprint density at radius 1 is 1.19 bits per heavy atom. The number of anilines is 1. The topological polar surface area (TPSA) is 130 Å². The van der Waals surface area contributed by atoms with E-state index in [0.717, 1.165) is 11.3 Å². The normalized spacial score (nSPS) is 21.2. The van der Waals surface area contributed by atoms with Gasteiger partial charge in [-0.25, -0.2) is 13.6 Å². The molecule has 0 amide bonds. The zero-order valence-electron chi connectivity index (χ0n) is 17.1. The van der Waals surface area contributed by atoms with Gasteiger partial charge in [0, 0.05) is 23.4 Å². The Balaban J connectivity index is 1.95. The van der Waals surface area contributed by atoms with Crippen LogP contribution in [0.5, 0.6) is 0 Å². The number of thiophene rings is 1. The molecule has 2 aliphatic rings. The number of ketones is 1. The van der Waals surface area contributed by atoms with E-state index in [1.54, 1.807) is 17.0 Å². The molecule has 1 aliphatic heterocycles. The summed E-state index contributed by atoms with van der Waals surface area (Å²) in [4.78, 5) is 15.0. The Morgan fingerprint density at radius 2 is 1.87 bits per heavy atom. The van der Waals surface area contributed by atoms with E-state index in [-0.39, 0.29) is 21.9 Å². The maximum atomic E-state index is 13.3. The van der Waals surface area contributed by atoms with Gasteiger partial charge < -0.3 is 5.73 Å². The van der Waals surface area contributed by atoms with Crippen LogP contribution in [0.15, 0.2) is 68.7 Å². The lowest BCUT2D eigenvalue weighted by atomic mass is 9.69. The third-order valence-electron chi connectivity index (χ3n) is 5.68.